The monoisotopic (exact) mass is 458 g/mol. The first-order valence-electron chi connectivity index (χ1n) is 8.69. The van der Waals surface area contributed by atoms with E-state index in [-0.39, 0.29) is 5.75 Å². The van der Waals surface area contributed by atoms with Crippen molar-refractivity contribution in [3.05, 3.63) is 69.1 Å². The van der Waals surface area contributed by atoms with E-state index in [1.165, 1.54) is 37.7 Å². The Bertz CT molecular complexity index is 993. The van der Waals surface area contributed by atoms with Crippen LogP contribution >= 0.6 is 22.9 Å². The number of alkyl halides is 3. The Hall–Kier alpha value is -2.33. The fraction of sp³-hybridized carbons (Fsp3) is 0.250. The van der Waals surface area contributed by atoms with E-state index in [9.17, 15) is 13.2 Å². The number of nitrogens with one attached hydrogen (secondary N) is 1. The minimum Gasteiger partial charge on any atom is -0.457 e. The Morgan fingerprint density at radius 3 is 2.53 bits per heavy atom. The molecule has 0 spiro atoms. The number of benzene rings is 2. The number of anilines is 1. The first-order valence-corrected chi connectivity index (χ1v) is 9.88. The van der Waals surface area contributed by atoms with Gasteiger partial charge < -0.3 is 19.5 Å². The molecule has 0 radical (unpaired) electrons. The summed E-state index contributed by atoms with van der Waals surface area (Å²) in [7, 11) is 2.92. The van der Waals surface area contributed by atoms with Crippen molar-refractivity contribution in [3.63, 3.8) is 0 Å². The van der Waals surface area contributed by atoms with Crippen LogP contribution in [-0.2, 0) is 22.2 Å². The van der Waals surface area contributed by atoms with Crippen molar-refractivity contribution < 1.29 is 27.4 Å². The highest BCUT2D eigenvalue weighted by Gasteiger charge is 2.30. The number of methoxy groups -OCH3 is 2. The number of thiazole rings is 1. The summed E-state index contributed by atoms with van der Waals surface area (Å²) in [5.41, 5.74) is 0.466. The molecular weight excluding hydrogens is 441 g/mol. The average molecular weight is 459 g/mol. The predicted molar refractivity (Wildman–Crippen MR) is 109 cm³/mol. The third kappa shape index (κ3) is 5.63. The molecule has 0 saturated heterocycles. The Balaban J connectivity index is 1.86. The minimum atomic E-state index is -4.46. The molecule has 0 amide bonds. The number of halogens is 4. The molecular formula is C20H18ClF3N2O3S. The lowest BCUT2D eigenvalue weighted by molar-refractivity contribution is -0.137. The summed E-state index contributed by atoms with van der Waals surface area (Å²) in [5, 5.41) is 3.23. The predicted octanol–water partition coefficient (Wildman–Crippen LogP) is 6.51. The topological polar surface area (TPSA) is 52.6 Å². The van der Waals surface area contributed by atoms with E-state index in [4.69, 9.17) is 25.8 Å². The van der Waals surface area contributed by atoms with Gasteiger partial charge in [0.05, 0.1) is 17.7 Å². The van der Waals surface area contributed by atoms with Crippen LogP contribution in [0.4, 0.5) is 18.9 Å². The summed E-state index contributed by atoms with van der Waals surface area (Å²) >= 11 is 7.20. The number of hydrogen-bond donors (Lipinski definition) is 1. The maximum Gasteiger partial charge on any atom is 0.416 e. The molecule has 160 valence electrons. The highest BCUT2D eigenvalue weighted by Crippen LogP contribution is 2.36. The molecule has 1 heterocycles. The molecule has 1 N–H and O–H groups in total. The van der Waals surface area contributed by atoms with Crippen LogP contribution in [0, 0.1) is 0 Å². The fourth-order valence-corrected chi connectivity index (χ4v) is 3.62. The van der Waals surface area contributed by atoms with Crippen molar-refractivity contribution in [2.45, 2.75) is 19.0 Å². The van der Waals surface area contributed by atoms with Crippen molar-refractivity contribution in [1.29, 1.82) is 0 Å². The van der Waals surface area contributed by atoms with Crippen molar-refractivity contribution in [2.75, 3.05) is 19.5 Å². The van der Waals surface area contributed by atoms with Gasteiger partial charge in [-0.3, -0.25) is 0 Å². The van der Waals surface area contributed by atoms with Crippen LogP contribution in [0.25, 0.3) is 0 Å². The Labute approximate surface area is 180 Å². The van der Waals surface area contributed by atoms with E-state index in [2.05, 4.69) is 10.3 Å². The quantitative estimate of drug-likeness (QED) is 0.390. The summed E-state index contributed by atoms with van der Waals surface area (Å²) in [5.74, 6) is 0.367. The largest absolute Gasteiger partial charge is 0.457 e. The highest BCUT2D eigenvalue weighted by atomic mass is 35.5. The molecule has 1 aromatic heterocycles. The summed E-state index contributed by atoms with van der Waals surface area (Å²) in [6.07, 6.45) is -3.55. The van der Waals surface area contributed by atoms with Crippen LogP contribution in [0.3, 0.4) is 0 Å². The van der Waals surface area contributed by atoms with Gasteiger partial charge in [0, 0.05) is 31.0 Å². The first-order chi connectivity index (χ1) is 14.3. The second-order valence-corrected chi connectivity index (χ2v) is 7.81. The molecule has 30 heavy (non-hydrogen) atoms. The van der Waals surface area contributed by atoms with Crippen molar-refractivity contribution >= 4 is 28.6 Å². The van der Waals surface area contributed by atoms with Crippen LogP contribution in [0.5, 0.6) is 11.5 Å². The molecule has 0 atom stereocenters. The third-order valence-electron chi connectivity index (χ3n) is 4.07. The second-order valence-electron chi connectivity index (χ2n) is 6.12. The zero-order valence-electron chi connectivity index (χ0n) is 16.0. The molecule has 0 bridgehead atoms. The number of nitrogens with zero attached hydrogens (tertiary/aromatic N) is 1. The molecule has 0 fully saturated rings. The van der Waals surface area contributed by atoms with E-state index in [0.717, 1.165) is 22.7 Å². The van der Waals surface area contributed by atoms with Gasteiger partial charge in [-0.15, -0.1) is 11.3 Å². The van der Waals surface area contributed by atoms with Crippen molar-refractivity contribution in [2.24, 2.45) is 0 Å². The van der Waals surface area contributed by atoms with Gasteiger partial charge in [0.25, 0.3) is 0 Å². The third-order valence-corrected chi connectivity index (χ3v) is 5.19. The van der Waals surface area contributed by atoms with Gasteiger partial charge in [-0.2, -0.15) is 13.2 Å². The van der Waals surface area contributed by atoms with Crippen molar-refractivity contribution in [3.8, 4) is 11.5 Å². The lowest BCUT2D eigenvalue weighted by Gasteiger charge is -2.20. The smallest absolute Gasteiger partial charge is 0.416 e. The maximum atomic E-state index is 13.0. The van der Waals surface area contributed by atoms with Gasteiger partial charge in [0.1, 0.15) is 11.5 Å². The number of ether oxygens (including phenoxy) is 3. The first kappa shape index (κ1) is 22.4. The van der Waals surface area contributed by atoms with Gasteiger partial charge in [0.15, 0.2) is 10.8 Å². The summed E-state index contributed by atoms with van der Waals surface area (Å²) in [6.45, 7) is 0.502. The average Bonchev–Trinajstić information content (AvgIpc) is 3.13. The van der Waals surface area contributed by atoms with E-state index < -0.39 is 18.0 Å². The van der Waals surface area contributed by atoms with Crippen molar-refractivity contribution in [1.82, 2.24) is 4.98 Å². The molecule has 3 aromatic rings. The standard InChI is InChI=1S/C20H18ClF3N2O3S/c1-27-18(28-2)16-9-13(25-10-15-11-26-19(21)30-15)6-7-17(16)29-14-5-3-4-12(8-14)20(22,23)24/h3-9,11,18,25H,10H2,1-2H3. The molecule has 0 saturated carbocycles. The van der Waals surface area contributed by atoms with Gasteiger partial charge in [-0.1, -0.05) is 17.7 Å². The van der Waals surface area contributed by atoms with E-state index in [1.54, 1.807) is 24.4 Å². The molecule has 2 aromatic carbocycles. The van der Waals surface area contributed by atoms with Gasteiger partial charge >= 0.3 is 6.18 Å². The molecule has 0 aliphatic heterocycles. The molecule has 10 heteroatoms. The number of hydrogen-bond acceptors (Lipinski definition) is 6. The summed E-state index contributed by atoms with van der Waals surface area (Å²) in [6, 6.07) is 9.81. The van der Waals surface area contributed by atoms with Crippen LogP contribution in [0.2, 0.25) is 4.47 Å². The minimum absolute atomic E-state index is 0.0528. The fourth-order valence-electron chi connectivity index (χ4n) is 2.70. The Morgan fingerprint density at radius 2 is 1.90 bits per heavy atom. The molecule has 5 nitrogen and oxygen atoms in total. The SMILES string of the molecule is COC(OC)c1cc(NCc2cnc(Cl)s2)ccc1Oc1cccc(C(F)(F)F)c1. The normalized spacial score (nSPS) is 11.7. The maximum absolute atomic E-state index is 13.0. The van der Waals surface area contributed by atoms with E-state index in [1.807, 2.05) is 0 Å². The van der Waals surface area contributed by atoms with Gasteiger partial charge in [-0.05, 0) is 36.4 Å². The number of aromatic nitrogens is 1. The van der Waals surface area contributed by atoms with Crippen LogP contribution in [0.15, 0.2) is 48.7 Å². The van der Waals surface area contributed by atoms with Crippen LogP contribution < -0.4 is 10.1 Å². The Kier molecular flexibility index (Phi) is 7.19. The zero-order chi connectivity index (χ0) is 21.7. The van der Waals surface area contributed by atoms with Gasteiger partial charge in [-0.25, -0.2) is 4.98 Å². The van der Waals surface area contributed by atoms with Crippen LogP contribution in [0.1, 0.15) is 22.3 Å². The van der Waals surface area contributed by atoms with Crippen LogP contribution in [-0.4, -0.2) is 19.2 Å². The molecule has 0 aliphatic rings. The summed E-state index contributed by atoms with van der Waals surface area (Å²) < 4.78 is 55.8. The lowest BCUT2D eigenvalue weighted by Crippen LogP contribution is -2.08. The van der Waals surface area contributed by atoms with E-state index >= 15 is 0 Å². The molecule has 0 unspecified atom stereocenters. The zero-order valence-corrected chi connectivity index (χ0v) is 17.6. The highest BCUT2D eigenvalue weighted by molar-refractivity contribution is 7.15. The second kappa shape index (κ2) is 9.65. The Morgan fingerprint density at radius 1 is 1.13 bits per heavy atom. The molecule has 0 aliphatic carbocycles. The summed E-state index contributed by atoms with van der Waals surface area (Å²) in [4.78, 5) is 4.94. The van der Waals surface area contributed by atoms with Gasteiger partial charge in [0.2, 0.25) is 0 Å². The molecule has 3 rings (SSSR count). The van der Waals surface area contributed by atoms with E-state index in [0.29, 0.717) is 22.3 Å². The number of rotatable bonds is 8. The lowest BCUT2D eigenvalue weighted by atomic mass is 10.1.